The number of phenolic OH excluding ortho intramolecular Hbond substituents is 2. The third kappa shape index (κ3) is 2.18. The van der Waals surface area contributed by atoms with Crippen LogP contribution in [0.25, 0.3) is 0 Å². The summed E-state index contributed by atoms with van der Waals surface area (Å²) in [6.07, 6.45) is 3.79. The van der Waals surface area contributed by atoms with E-state index in [1.807, 2.05) is 0 Å². The normalized spacial score (nSPS) is 17.6. The van der Waals surface area contributed by atoms with Gasteiger partial charge in [-0.05, 0) is 32.4 Å². The lowest BCUT2D eigenvalue weighted by atomic mass is 9.86. The number of phenols is 2. The van der Waals surface area contributed by atoms with E-state index in [1.165, 1.54) is 12.1 Å². The summed E-state index contributed by atoms with van der Waals surface area (Å²) in [5.41, 5.74) is 1.03. The third-order valence-electron chi connectivity index (χ3n) is 2.88. The molecule has 2 rings (SSSR count). The minimum Gasteiger partial charge on any atom is -0.508 e. The van der Waals surface area contributed by atoms with E-state index >= 15 is 0 Å². The highest BCUT2D eigenvalue weighted by Gasteiger charge is 2.29. The lowest BCUT2D eigenvalue weighted by Crippen LogP contribution is -2.21. The molecule has 4 heteroatoms. The maximum atomic E-state index is 12.0. The third-order valence-corrected chi connectivity index (χ3v) is 2.88. The maximum absolute atomic E-state index is 12.0. The van der Waals surface area contributed by atoms with Crippen LogP contribution in [0.3, 0.4) is 0 Å². The molecule has 1 aliphatic rings. The molecule has 0 radical (unpaired) electrons. The Labute approximate surface area is 106 Å². The van der Waals surface area contributed by atoms with Gasteiger partial charge in [-0.25, -0.2) is 0 Å². The molecule has 0 spiro atoms. The summed E-state index contributed by atoms with van der Waals surface area (Å²) in [5, 5.41) is 19.6. The Kier molecular flexibility index (Phi) is 3.28. The van der Waals surface area contributed by atoms with Gasteiger partial charge < -0.3 is 14.9 Å². The number of fused-ring (bicyclic) bond motifs is 1. The van der Waals surface area contributed by atoms with Crippen LogP contribution in [0.1, 0.15) is 30.9 Å². The van der Waals surface area contributed by atoms with Gasteiger partial charge >= 0.3 is 5.97 Å². The van der Waals surface area contributed by atoms with E-state index in [0.717, 1.165) is 0 Å². The Hall–Kier alpha value is -1.97. The number of esters is 1. The number of ether oxygens (including phenoxy) is 1. The van der Waals surface area contributed by atoms with Crippen molar-refractivity contribution >= 4 is 5.97 Å². The van der Waals surface area contributed by atoms with Crippen LogP contribution >= 0.6 is 0 Å². The molecule has 0 saturated heterocycles. The highest BCUT2D eigenvalue weighted by atomic mass is 16.5. The molecule has 0 bridgehead atoms. The van der Waals surface area contributed by atoms with E-state index in [4.69, 9.17) is 4.74 Å². The number of allylic oxidation sites excluding steroid dienone is 1. The van der Waals surface area contributed by atoms with Gasteiger partial charge in [-0.1, -0.05) is 12.2 Å². The summed E-state index contributed by atoms with van der Waals surface area (Å²) >= 11 is 0. The molecule has 18 heavy (non-hydrogen) atoms. The Morgan fingerprint density at radius 3 is 2.67 bits per heavy atom. The van der Waals surface area contributed by atoms with Crippen LogP contribution in [-0.4, -0.2) is 22.3 Å². The van der Waals surface area contributed by atoms with Crippen LogP contribution in [0.4, 0.5) is 0 Å². The van der Waals surface area contributed by atoms with E-state index in [9.17, 15) is 15.0 Å². The number of carbonyl (C=O) groups is 1. The van der Waals surface area contributed by atoms with Crippen molar-refractivity contribution in [2.75, 3.05) is 0 Å². The molecule has 1 aromatic rings. The second-order valence-corrected chi connectivity index (χ2v) is 4.59. The highest BCUT2D eigenvalue weighted by Crippen LogP contribution is 2.39. The molecule has 0 aliphatic heterocycles. The number of rotatable bonds is 2. The largest absolute Gasteiger partial charge is 0.508 e. The van der Waals surface area contributed by atoms with E-state index < -0.39 is 11.9 Å². The van der Waals surface area contributed by atoms with Crippen molar-refractivity contribution in [1.82, 2.24) is 0 Å². The number of benzene rings is 1. The molecule has 96 valence electrons. The second kappa shape index (κ2) is 4.72. The quantitative estimate of drug-likeness (QED) is 0.478. The Morgan fingerprint density at radius 1 is 1.33 bits per heavy atom. The molecule has 0 saturated carbocycles. The summed E-state index contributed by atoms with van der Waals surface area (Å²) in [6, 6.07) is 2.82. The minimum absolute atomic E-state index is 0.0119. The van der Waals surface area contributed by atoms with Crippen molar-refractivity contribution in [2.24, 2.45) is 0 Å². The predicted molar refractivity (Wildman–Crippen MR) is 66.6 cm³/mol. The van der Waals surface area contributed by atoms with Crippen LogP contribution < -0.4 is 0 Å². The first kappa shape index (κ1) is 12.5. The van der Waals surface area contributed by atoms with Crippen LogP contribution in [0, 0.1) is 0 Å². The molecule has 1 aliphatic carbocycles. The van der Waals surface area contributed by atoms with Crippen LogP contribution in [-0.2, 0) is 16.0 Å². The lowest BCUT2D eigenvalue weighted by molar-refractivity contribution is -0.148. The Bertz CT molecular complexity index is 503. The highest BCUT2D eigenvalue weighted by molar-refractivity contribution is 5.83. The van der Waals surface area contributed by atoms with Gasteiger partial charge in [-0.2, -0.15) is 0 Å². The fourth-order valence-corrected chi connectivity index (χ4v) is 2.12. The van der Waals surface area contributed by atoms with Gasteiger partial charge in [0.25, 0.3) is 0 Å². The molecule has 0 fully saturated rings. The zero-order valence-corrected chi connectivity index (χ0v) is 10.4. The van der Waals surface area contributed by atoms with Crippen LogP contribution in [0.2, 0.25) is 0 Å². The monoisotopic (exact) mass is 248 g/mol. The van der Waals surface area contributed by atoms with Crippen molar-refractivity contribution < 1.29 is 19.7 Å². The molecule has 1 atom stereocenters. The summed E-state index contributed by atoms with van der Waals surface area (Å²) in [7, 11) is 0. The van der Waals surface area contributed by atoms with Crippen LogP contribution in [0.15, 0.2) is 24.3 Å². The zero-order valence-electron chi connectivity index (χ0n) is 10.4. The Morgan fingerprint density at radius 2 is 2.00 bits per heavy atom. The SMILES string of the molecule is CC(C)OC(=O)[C@@H]1C=CCc2c(O)ccc(O)c21. The summed E-state index contributed by atoms with van der Waals surface area (Å²) in [5.74, 6) is -0.960. The van der Waals surface area contributed by atoms with Gasteiger partial charge in [0.1, 0.15) is 17.4 Å². The lowest BCUT2D eigenvalue weighted by Gasteiger charge is -2.22. The smallest absolute Gasteiger partial charge is 0.317 e. The summed E-state index contributed by atoms with van der Waals surface area (Å²) in [6.45, 7) is 3.54. The fourth-order valence-electron chi connectivity index (χ4n) is 2.12. The Balaban J connectivity index is 2.42. The average Bonchev–Trinajstić information content (AvgIpc) is 2.32. The first-order valence-corrected chi connectivity index (χ1v) is 5.91. The van der Waals surface area contributed by atoms with Gasteiger partial charge in [0.15, 0.2) is 0 Å². The molecular formula is C14H16O4. The van der Waals surface area contributed by atoms with Crippen molar-refractivity contribution in [3.63, 3.8) is 0 Å². The van der Waals surface area contributed by atoms with Gasteiger partial charge in [0, 0.05) is 11.1 Å². The summed E-state index contributed by atoms with van der Waals surface area (Å²) in [4.78, 5) is 12.0. The maximum Gasteiger partial charge on any atom is 0.317 e. The van der Waals surface area contributed by atoms with Crippen molar-refractivity contribution in [2.45, 2.75) is 32.3 Å². The number of hydrogen-bond donors (Lipinski definition) is 2. The molecule has 4 nitrogen and oxygen atoms in total. The molecule has 0 heterocycles. The molecule has 0 unspecified atom stereocenters. The van der Waals surface area contributed by atoms with E-state index in [1.54, 1.807) is 26.0 Å². The molecule has 1 aromatic carbocycles. The average molecular weight is 248 g/mol. The van der Waals surface area contributed by atoms with E-state index in [0.29, 0.717) is 17.5 Å². The standard InChI is InChI=1S/C14H16O4/c1-8(2)18-14(17)10-5-3-4-9-11(15)6-7-12(16)13(9)10/h3,5-8,10,15-16H,4H2,1-2H3/t10-/m1/s1. The molecule has 2 N–H and O–H groups in total. The van der Waals surface area contributed by atoms with Crippen molar-refractivity contribution in [3.8, 4) is 11.5 Å². The topological polar surface area (TPSA) is 66.8 Å². The van der Waals surface area contributed by atoms with Gasteiger partial charge in [0.05, 0.1) is 6.10 Å². The number of hydrogen-bond acceptors (Lipinski definition) is 4. The first-order chi connectivity index (χ1) is 8.50. The first-order valence-electron chi connectivity index (χ1n) is 5.91. The number of carbonyl (C=O) groups excluding carboxylic acids is 1. The minimum atomic E-state index is -0.650. The predicted octanol–water partition coefficient (Wildman–Crippen LogP) is 2.25. The van der Waals surface area contributed by atoms with Gasteiger partial charge in [-0.3, -0.25) is 4.79 Å². The van der Waals surface area contributed by atoms with Gasteiger partial charge in [-0.15, -0.1) is 0 Å². The fraction of sp³-hybridized carbons (Fsp3) is 0.357. The number of aromatic hydroxyl groups is 2. The second-order valence-electron chi connectivity index (χ2n) is 4.59. The van der Waals surface area contributed by atoms with Crippen molar-refractivity contribution in [3.05, 3.63) is 35.4 Å². The van der Waals surface area contributed by atoms with Crippen molar-refractivity contribution in [1.29, 1.82) is 0 Å². The van der Waals surface area contributed by atoms with E-state index in [2.05, 4.69) is 0 Å². The molecular weight excluding hydrogens is 232 g/mol. The van der Waals surface area contributed by atoms with Gasteiger partial charge in [0.2, 0.25) is 0 Å². The molecule has 0 aromatic heterocycles. The zero-order chi connectivity index (χ0) is 13.3. The molecule has 0 amide bonds. The summed E-state index contributed by atoms with van der Waals surface area (Å²) < 4.78 is 5.16. The van der Waals surface area contributed by atoms with E-state index in [-0.39, 0.29) is 17.6 Å². The van der Waals surface area contributed by atoms with Crippen LogP contribution in [0.5, 0.6) is 11.5 Å².